The summed E-state index contributed by atoms with van der Waals surface area (Å²) in [5.74, 6) is 0.341. The second-order valence-electron chi connectivity index (χ2n) is 6.44. The molecule has 0 aliphatic heterocycles. The van der Waals surface area contributed by atoms with E-state index < -0.39 is 5.97 Å². The maximum atomic E-state index is 12.8. The first kappa shape index (κ1) is 19.2. The third-order valence-corrected chi connectivity index (χ3v) is 4.79. The van der Waals surface area contributed by atoms with Gasteiger partial charge in [-0.2, -0.15) is 0 Å². The normalized spacial score (nSPS) is 11.1. The van der Waals surface area contributed by atoms with Crippen molar-refractivity contribution in [3.8, 4) is 11.3 Å². The minimum atomic E-state index is -0.553. The minimum Gasteiger partial charge on any atom is -0.454 e. The van der Waals surface area contributed by atoms with Crippen molar-refractivity contribution in [3.05, 3.63) is 70.7 Å². The SMILES string of the molecule is Cc1onc(-c2ccccc2)c1C(=O)OCc1nc2ccc(Cl)cc2n1CCO. The van der Waals surface area contributed by atoms with Gasteiger partial charge in [0.05, 0.1) is 17.6 Å². The Kier molecular flexibility index (Phi) is 5.33. The Bertz CT molecular complexity index is 1170. The van der Waals surface area contributed by atoms with Gasteiger partial charge in [0.25, 0.3) is 0 Å². The molecule has 148 valence electrons. The number of aliphatic hydroxyl groups excluding tert-OH is 1. The van der Waals surface area contributed by atoms with Gasteiger partial charge in [-0.05, 0) is 25.1 Å². The Morgan fingerprint density at radius 2 is 2.03 bits per heavy atom. The number of aliphatic hydroxyl groups is 1. The monoisotopic (exact) mass is 411 g/mol. The van der Waals surface area contributed by atoms with Gasteiger partial charge in [0.2, 0.25) is 0 Å². The number of aryl methyl sites for hydroxylation is 1. The zero-order valence-corrected chi connectivity index (χ0v) is 16.4. The molecule has 0 saturated carbocycles. The maximum absolute atomic E-state index is 12.8. The highest BCUT2D eigenvalue weighted by molar-refractivity contribution is 6.31. The van der Waals surface area contributed by atoms with Crippen LogP contribution in [0.5, 0.6) is 0 Å². The predicted molar refractivity (Wildman–Crippen MR) is 108 cm³/mol. The number of fused-ring (bicyclic) bond motifs is 1. The Morgan fingerprint density at radius 3 is 2.79 bits per heavy atom. The first-order valence-corrected chi connectivity index (χ1v) is 9.40. The lowest BCUT2D eigenvalue weighted by Crippen LogP contribution is -2.12. The number of carbonyl (C=O) groups is 1. The molecule has 2 aromatic carbocycles. The molecule has 0 unspecified atom stereocenters. The molecule has 4 rings (SSSR count). The number of carbonyl (C=O) groups excluding carboxylic acids is 1. The van der Waals surface area contributed by atoms with Gasteiger partial charge in [0.15, 0.2) is 0 Å². The number of ether oxygens (including phenoxy) is 1. The van der Waals surface area contributed by atoms with Gasteiger partial charge in [0, 0.05) is 17.1 Å². The van der Waals surface area contributed by atoms with E-state index in [9.17, 15) is 9.90 Å². The Hall–Kier alpha value is -3.16. The summed E-state index contributed by atoms with van der Waals surface area (Å²) in [5, 5.41) is 14.0. The molecule has 2 aromatic heterocycles. The van der Waals surface area contributed by atoms with E-state index in [-0.39, 0.29) is 18.8 Å². The van der Waals surface area contributed by atoms with E-state index in [1.165, 1.54) is 0 Å². The predicted octanol–water partition coefficient (Wildman–Crippen LogP) is 4.00. The molecular weight excluding hydrogens is 394 g/mol. The summed E-state index contributed by atoms with van der Waals surface area (Å²) < 4.78 is 12.5. The number of halogens is 1. The standard InChI is InChI=1S/C21H18ClN3O4/c1-13-19(20(24-29-13)14-5-3-2-4-6-14)21(27)28-12-18-23-16-8-7-15(22)11-17(16)25(18)9-10-26/h2-8,11,26H,9-10,12H2,1H3. The average Bonchev–Trinajstić information content (AvgIpc) is 3.28. The molecule has 7 nitrogen and oxygen atoms in total. The number of aromatic nitrogens is 3. The largest absolute Gasteiger partial charge is 0.454 e. The van der Waals surface area contributed by atoms with Gasteiger partial charge in [-0.15, -0.1) is 0 Å². The van der Waals surface area contributed by atoms with E-state index in [1.807, 2.05) is 30.3 Å². The van der Waals surface area contributed by atoms with E-state index >= 15 is 0 Å². The van der Waals surface area contributed by atoms with E-state index in [2.05, 4.69) is 10.1 Å². The fourth-order valence-corrected chi connectivity index (χ4v) is 3.38. The van der Waals surface area contributed by atoms with E-state index in [0.717, 1.165) is 11.1 Å². The maximum Gasteiger partial charge on any atom is 0.344 e. The van der Waals surface area contributed by atoms with Crippen LogP contribution in [0.25, 0.3) is 22.3 Å². The van der Waals surface area contributed by atoms with Crippen LogP contribution in [-0.4, -0.2) is 32.4 Å². The first-order chi connectivity index (χ1) is 14.1. The zero-order chi connectivity index (χ0) is 20.4. The van der Waals surface area contributed by atoms with Crippen molar-refractivity contribution in [2.75, 3.05) is 6.61 Å². The summed E-state index contributed by atoms with van der Waals surface area (Å²) in [6, 6.07) is 14.6. The molecule has 0 aliphatic carbocycles. The van der Waals surface area contributed by atoms with Crippen molar-refractivity contribution < 1.29 is 19.2 Å². The van der Waals surface area contributed by atoms with Gasteiger partial charge in [-0.3, -0.25) is 0 Å². The topological polar surface area (TPSA) is 90.4 Å². The fourth-order valence-electron chi connectivity index (χ4n) is 3.21. The molecular formula is C21H18ClN3O4. The first-order valence-electron chi connectivity index (χ1n) is 9.03. The number of rotatable bonds is 6. The summed E-state index contributed by atoms with van der Waals surface area (Å²) in [6.07, 6.45) is 0. The summed E-state index contributed by atoms with van der Waals surface area (Å²) >= 11 is 6.08. The second-order valence-corrected chi connectivity index (χ2v) is 6.88. The summed E-state index contributed by atoms with van der Waals surface area (Å²) in [5.41, 5.74) is 2.95. The highest BCUT2D eigenvalue weighted by Gasteiger charge is 2.23. The Balaban J connectivity index is 1.61. The zero-order valence-electron chi connectivity index (χ0n) is 15.6. The van der Waals surface area contributed by atoms with Crippen molar-refractivity contribution in [3.63, 3.8) is 0 Å². The van der Waals surface area contributed by atoms with E-state index in [0.29, 0.717) is 34.4 Å². The van der Waals surface area contributed by atoms with Gasteiger partial charge in [-0.25, -0.2) is 9.78 Å². The quantitative estimate of drug-likeness (QED) is 0.482. The van der Waals surface area contributed by atoms with Crippen molar-refractivity contribution in [1.82, 2.24) is 14.7 Å². The van der Waals surface area contributed by atoms with Crippen LogP contribution in [-0.2, 0) is 17.9 Å². The third-order valence-electron chi connectivity index (χ3n) is 4.56. The second kappa shape index (κ2) is 8.06. The molecule has 8 heteroatoms. The van der Waals surface area contributed by atoms with Crippen LogP contribution in [0.2, 0.25) is 5.02 Å². The van der Waals surface area contributed by atoms with Crippen molar-refractivity contribution in [2.45, 2.75) is 20.1 Å². The Morgan fingerprint density at radius 1 is 1.24 bits per heavy atom. The number of benzene rings is 2. The number of hydrogen-bond acceptors (Lipinski definition) is 6. The lowest BCUT2D eigenvalue weighted by Gasteiger charge is -2.09. The highest BCUT2D eigenvalue weighted by atomic mass is 35.5. The van der Waals surface area contributed by atoms with Crippen molar-refractivity contribution >= 4 is 28.6 Å². The van der Waals surface area contributed by atoms with Crippen molar-refractivity contribution in [1.29, 1.82) is 0 Å². The molecule has 0 bridgehead atoms. The van der Waals surface area contributed by atoms with Crippen molar-refractivity contribution in [2.24, 2.45) is 0 Å². The molecule has 0 amide bonds. The van der Waals surface area contributed by atoms with Gasteiger partial charge in [-0.1, -0.05) is 47.1 Å². The van der Waals surface area contributed by atoms with Crippen LogP contribution < -0.4 is 0 Å². The van der Waals surface area contributed by atoms with Crippen LogP contribution in [0.15, 0.2) is 53.1 Å². The number of imidazole rings is 1. The van der Waals surface area contributed by atoms with Crippen LogP contribution in [0.3, 0.4) is 0 Å². The van der Waals surface area contributed by atoms with Crippen LogP contribution >= 0.6 is 11.6 Å². The average molecular weight is 412 g/mol. The number of esters is 1. The molecule has 0 aliphatic rings. The summed E-state index contributed by atoms with van der Waals surface area (Å²) in [4.78, 5) is 17.3. The molecule has 0 fully saturated rings. The van der Waals surface area contributed by atoms with E-state index in [4.69, 9.17) is 20.9 Å². The fraction of sp³-hybridized carbons (Fsp3) is 0.190. The summed E-state index contributed by atoms with van der Waals surface area (Å²) in [6.45, 7) is 1.83. The van der Waals surface area contributed by atoms with Gasteiger partial charge >= 0.3 is 5.97 Å². The highest BCUT2D eigenvalue weighted by Crippen LogP contribution is 2.26. The lowest BCUT2D eigenvalue weighted by molar-refractivity contribution is 0.0456. The molecule has 4 aromatic rings. The summed E-state index contributed by atoms with van der Waals surface area (Å²) in [7, 11) is 0. The van der Waals surface area contributed by atoms with Gasteiger partial charge < -0.3 is 18.9 Å². The van der Waals surface area contributed by atoms with Gasteiger partial charge in [0.1, 0.15) is 29.4 Å². The van der Waals surface area contributed by atoms with Crippen LogP contribution in [0.4, 0.5) is 0 Å². The van der Waals surface area contributed by atoms with E-state index in [1.54, 1.807) is 29.7 Å². The molecule has 0 saturated heterocycles. The smallest absolute Gasteiger partial charge is 0.344 e. The number of nitrogens with zero attached hydrogens (tertiary/aromatic N) is 3. The molecule has 29 heavy (non-hydrogen) atoms. The molecule has 2 heterocycles. The Labute approximate surface area is 171 Å². The molecule has 0 spiro atoms. The van der Waals surface area contributed by atoms with Crippen LogP contribution in [0, 0.1) is 6.92 Å². The van der Waals surface area contributed by atoms with Crippen LogP contribution in [0.1, 0.15) is 21.9 Å². The molecule has 1 N–H and O–H groups in total. The molecule has 0 atom stereocenters. The third kappa shape index (κ3) is 3.74. The lowest BCUT2D eigenvalue weighted by atomic mass is 10.1. The molecule has 0 radical (unpaired) electrons. The number of hydrogen-bond donors (Lipinski definition) is 1. The minimum absolute atomic E-state index is 0.0655.